The molecule has 0 aliphatic rings. The molecule has 6 nitrogen and oxygen atoms in total. The first-order chi connectivity index (χ1) is 12.8. The maximum atomic E-state index is 12.6. The van der Waals surface area contributed by atoms with E-state index in [0.29, 0.717) is 23.8 Å². The number of amides is 1. The predicted molar refractivity (Wildman–Crippen MR) is 94.8 cm³/mol. The first-order valence-corrected chi connectivity index (χ1v) is 8.16. The first-order valence-electron chi connectivity index (χ1n) is 8.16. The zero-order valence-corrected chi connectivity index (χ0v) is 15.0. The average Bonchev–Trinajstić information content (AvgIpc) is 3.13. The number of alkyl halides is 3. The molecule has 0 saturated heterocycles. The molecule has 0 bridgehead atoms. The van der Waals surface area contributed by atoms with E-state index in [0.717, 1.165) is 12.1 Å². The molecule has 2 aromatic rings. The molecule has 146 valence electrons. The number of carbonyl (C=O) groups excluding carboxylic acids is 1. The number of hydrogen-bond donors (Lipinski definition) is 2. The van der Waals surface area contributed by atoms with Crippen LogP contribution in [-0.4, -0.2) is 37.4 Å². The van der Waals surface area contributed by atoms with Crippen molar-refractivity contribution < 1.29 is 22.4 Å². The van der Waals surface area contributed by atoms with Gasteiger partial charge in [0.1, 0.15) is 5.76 Å². The monoisotopic (exact) mass is 382 g/mol. The van der Waals surface area contributed by atoms with Crippen molar-refractivity contribution in [2.45, 2.75) is 19.3 Å². The van der Waals surface area contributed by atoms with Crippen LogP contribution in [0.5, 0.6) is 0 Å². The molecule has 0 atom stereocenters. The summed E-state index contributed by atoms with van der Waals surface area (Å²) in [5.41, 5.74) is 0.000333. The molecule has 27 heavy (non-hydrogen) atoms. The number of nitrogens with zero attached hydrogens (tertiary/aromatic N) is 2. The molecule has 1 aromatic carbocycles. The minimum Gasteiger partial charge on any atom is -0.467 e. The Kier molecular flexibility index (Phi) is 6.86. The number of hydrogen-bond acceptors (Lipinski definition) is 3. The van der Waals surface area contributed by atoms with E-state index in [4.69, 9.17) is 4.42 Å². The van der Waals surface area contributed by atoms with Crippen molar-refractivity contribution in [2.75, 3.05) is 20.6 Å². The molecule has 2 rings (SSSR count). The Morgan fingerprint density at radius 1 is 1.19 bits per heavy atom. The summed E-state index contributed by atoms with van der Waals surface area (Å²) in [4.78, 5) is 17.7. The van der Waals surface area contributed by atoms with E-state index in [2.05, 4.69) is 15.6 Å². The van der Waals surface area contributed by atoms with E-state index in [1.165, 1.54) is 18.4 Å². The van der Waals surface area contributed by atoms with Crippen molar-refractivity contribution in [1.29, 1.82) is 0 Å². The number of carbonyl (C=O) groups is 1. The Hall–Kier alpha value is -2.97. The second kappa shape index (κ2) is 9.11. The van der Waals surface area contributed by atoms with Gasteiger partial charge in [-0.15, -0.1) is 0 Å². The molecule has 0 aliphatic carbocycles. The smallest absolute Gasteiger partial charge is 0.416 e. The third-order valence-electron chi connectivity index (χ3n) is 3.72. The van der Waals surface area contributed by atoms with E-state index in [9.17, 15) is 18.0 Å². The fourth-order valence-corrected chi connectivity index (χ4v) is 2.35. The summed E-state index contributed by atoms with van der Waals surface area (Å²) in [6, 6.07) is 8.41. The van der Waals surface area contributed by atoms with Crippen molar-refractivity contribution >= 4 is 11.9 Å². The Labute approximate surface area is 155 Å². The lowest BCUT2D eigenvalue weighted by Gasteiger charge is -2.22. The molecule has 9 heteroatoms. The van der Waals surface area contributed by atoms with Gasteiger partial charge in [0.05, 0.1) is 24.9 Å². The number of benzene rings is 1. The molecular formula is C18H21F3N4O2. The summed E-state index contributed by atoms with van der Waals surface area (Å²) < 4.78 is 43.0. The summed E-state index contributed by atoms with van der Waals surface area (Å²) in [6.07, 6.45) is -2.83. The Morgan fingerprint density at radius 2 is 1.89 bits per heavy atom. The van der Waals surface area contributed by atoms with Crippen LogP contribution in [0, 0.1) is 0 Å². The SMILES string of the molecule is CN=C(NCC(=O)NCc1ccco1)N(C)Cc1ccc(C(F)(F)F)cc1. The van der Waals surface area contributed by atoms with Crippen LogP contribution in [0.2, 0.25) is 0 Å². The zero-order chi connectivity index (χ0) is 19.9. The van der Waals surface area contributed by atoms with Gasteiger partial charge in [-0.25, -0.2) is 0 Å². The summed E-state index contributed by atoms with van der Waals surface area (Å²) in [5, 5.41) is 5.61. The largest absolute Gasteiger partial charge is 0.467 e. The van der Waals surface area contributed by atoms with Crippen LogP contribution >= 0.6 is 0 Å². The van der Waals surface area contributed by atoms with E-state index in [-0.39, 0.29) is 19.0 Å². The van der Waals surface area contributed by atoms with Gasteiger partial charge in [-0.05, 0) is 29.8 Å². The number of halogens is 3. The van der Waals surface area contributed by atoms with Gasteiger partial charge in [-0.2, -0.15) is 13.2 Å². The molecule has 0 spiro atoms. The van der Waals surface area contributed by atoms with Gasteiger partial charge in [0.25, 0.3) is 0 Å². The van der Waals surface area contributed by atoms with Crippen molar-refractivity contribution in [2.24, 2.45) is 4.99 Å². The number of aliphatic imine (C=N–C) groups is 1. The van der Waals surface area contributed by atoms with Gasteiger partial charge >= 0.3 is 6.18 Å². The maximum absolute atomic E-state index is 12.6. The van der Waals surface area contributed by atoms with Crippen molar-refractivity contribution in [3.8, 4) is 0 Å². The highest BCUT2D eigenvalue weighted by atomic mass is 19.4. The highest BCUT2D eigenvalue weighted by Crippen LogP contribution is 2.29. The predicted octanol–water partition coefficient (Wildman–Crippen LogP) is 2.62. The van der Waals surface area contributed by atoms with Crippen molar-refractivity contribution in [3.05, 3.63) is 59.5 Å². The Bertz CT molecular complexity index is 756. The van der Waals surface area contributed by atoms with Gasteiger partial charge in [0.2, 0.25) is 5.91 Å². The second-order valence-corrected chi connectivity index (χ2v) is 5.81. The summed E-state index contributed by atoms with van der Waals surface area (Å²) in [5.74, 6) is 0.852. The average molecular weight is 382 g/mol. The topological polar surface area (TPSA) is 69.9 Å². The second-order valence-electron chi connectivity index (χ2n) is 5.81. The van der Waals surface area contributed by atoms with E-state index in [1.807, 2.05) is 0 Å². The number of nitrogens with one attached hydrogen (secondary N) is 2. The molecule has 0 saturated carbocycles. The molecular weight excluding hydrogens is 361 g/mol. The van der Waals surface area contributed by atoms with Crippen LogP contribution in [0.3, 0.4) is 0 Å². The fraction of sp³-hybridized carbons (Fsp3) is 0.333. The summed E-state index contributed by atoms with van der Waals surface area (Å²) >= 11 is 0. The van der Waals surface area contributed by atoms with Crippen LogP contribution in [-0.2, 0) is 24.1 Å². The normalized spacial score (nSPS) is 12.0. The lowest BCUT2D eigenvalue weighted by Crippen LogP contribution is -2.43. The third-order valence-corrected chi connectivity index (χ3v) is 3.72. The summed E-state index contributed by atoms with van der Waals surface area (Å²) in [6.45, 7) is 0.629. The van der Waals surface area contributed by atoms with E-state index >= 15 is 0 Å². The highest BCUT2D eigenvalue weighted by molar-refractivity contribution is 5.86. The molecule has 0 unspecified atom stereocenters. The number of furan rings is 1. The molecule has 0 aliphatic heterocycles. The quantitative estimate of drug-likeness (QED) is 0.595. The molecule has 1 amide bonds. The third kappa shape index (κ3) is 6.36. The summed E-state index contributed by atoms with van der Waals surface area (Å²) in [7, 11) is 3.29. The van der Waals surface area contributed by atoms with Crippen molar-refractivity contribution in [1.82, 2.24) is 15.5 Å². The maximum Gasteiger partial charge on any atom is 0.416 e. The minimum atomic E-state index is -4.36. The number of guanidine groups is 1. The Morgan fingerprint density at radius 3 is 2.44 bits per heavy atom. The van der Waals surface area contributed by atoms with Gasteiger partial charge in [-0.1, -0.05) is 12.1 Å². The first kappa shape index (κ1) is 20.3. The molecule has 1 aromatic heterocycles. The van der Waals surface area contributed by atoms with Crippen LogP contribution in [0.15, 0.2) is 52.1 Å². The van der Waals surface area contributed by atoms with E-state index in [1.54, 1.807) is 31.1 Å². The standard InChI is InChI=1S/C18H21F3N4O2/c1-22-17(24-11-16(26)23-10-15-4-3-9-27-15)25(2)12-13-5-7-14(8-6-13)18(19,20)21/h3-9H,10-12H2,1-2H3,(H,22,24)(H,23,26). The van der Waals surface area contributed by atoms with Gasteiger partial charge in [0, 0.05) is 20.6 Å². The molecule has 0 radical (unpaired) electrons. The molecule has 1 heterocycles. The van der Waals surface area contributed by atoms with Gasteiger partial charge < -0.3 is 20.0 Å². The van der Waals surface area contributed by atoms with Crippen molar-refractivity contribution in [3.63, 3.8) is 0 Å². The zero-order valence-electron chi connectivity index (χ0n) is 15.0. The van der Waals surface area contributed by atoms with Gasteiger partial charge in [-0.3, -0.25) is 9.79 Å². The highest BCUT2D eigenvalue weighted by Gasteiger charge is 2.29. The van der Waals surface area contributed by atoms with Gasteiger partial charge in [0.15, 0.2) is 5.96 Å². The Balaban J connectivity index is 1.82. The minimum absolute atomic E-state index is 0.00470. The van der Waals surface area contributed by atoms with Crippen LogP contribution in [0.1, 0.15) is 16.9 Å². The fourth-order valence-electron chi connectivity index (χ4n) is 2.35. The lowest BCUT2D eigenvalue weighted by atomic mass is 10.1. The van der Waals surface area contributed by atoms with Crippen LogP contribution in [0.25, 0.3) is 0 Å². The van der Waals surface area contributed by atoms with E-state index < -0.39 is 11.7 Å². The molecule has 2 N–H and O–H groups in total. The number of rotatable bonds is 6. The van der Waals surface area contributed by atoms with Crippen LogP contribution in [0.4, 0.5) is 13.2 Å². The lowest BCUT2D eigenvalue weighted by molar-refractivity contribution is -0.137. The van der Waals surface area contributed by atoms with Crippen LogP contribution < -0.4 is 10.6 Å². The molecule has 0 fully saturated rings.